The van der Waals surface area contributed by atoms with Crippen LogP contribution in [0.25, 0.3) is 0 Å². The highest BCUT2D eigenvalue weighted by molar-refractivity contribution is 5.38. The second-order valence-corrected chi connectivity index (χ2v) is 7.57. The number of aromatic nitrogens is 2. The predicted octanol–water partition coefficient (Wildman–Crippen LogP) is 2.99. The van der Waals surface area contributed by atoms with E-state index in [-0.39, 0.29) is 0 Å². The third-order valence-corrected chi connectivity index (χ3v) is 5.11. The minimum absolute atomic E-state index is 0.481. The van der Waals surface area contributed by atoms with E-state index in [0.717, 1.165) is 61.1 Å². The third kappa shape index (κ3) is 6.27. The first-order valence-corrected chi connectivity index (χ1v) is 10.4. The zero-order chi connectivity index (χ0) is 20.4. The lowest BCUT2D eigenvalue weighted by Gasteiger charge is -2.27. The van der Waals surface area contributed by atoms with Gasteiger partial charge in [-0.1, -0.05) is 6.07 Å². The molecule has 6 heteroatoms. The predicted molar refractivity (Wildman–Crippen MR) is 117 cm³/mol. The molecule has 3 heterocycles. The van der Waals surface area contributed by atoms with Gasteiger partial charge in [0.15, 0.2) is 0 Å². The van der Waals surface area contributed by atoms with E-state index in [1.54, 1.807) is 6.20 Å². The van der Waals surface area contributed by atoms with E-state index in [2.05, 4.69) is 32.7 Å². The Hall–Kier alpha value is -2.96. The van der Waals surface area contributed by atoms with Gasteiger partial charge in [-0.25, -0.2) is 0 Å². The Morgan fingerprint density at radius 3 is 2.47 bits per heavy atom. The molecule has 1 fully saturated rings. The lowest BCUT2D eigenvalue weighted by molar-refractivity contribution is 0.295. The molecule has 156 valence electrons. The second kappa shape index (κ2) is 10.7. The van der Waals surface area contributed by atoms with Crippen LogP contribution in [-0.2, 0) is 19.6 Å². The van der Waals surface area contributed by atoms with E-state index >= 15 is 0 Å². The molecule has 0 radical (unpaired) electrons. The van der Waals surface area contributed by atoms with Gasteiger partial charge in [0.25, 0.3) is 0 Å². The molecule has 6 nitrogen and oxygen atoms in total. The molecule has 4 rings (SSSR count). The molecule has 0 saturated carbocycles. The molecule has 0 atom stereocenters. The van der Waals surface area contributed by atoms with E-state index in [1.165, 1.54) is 5.56 Å². The third-order valence-electron chi connectivity index (χ3n) is 5.11. The van der Waals surface area contributed by atoms with Gasteiger partial charge in [-0.15, -0.1) is 0 Å². The van der Waals surface area contributed by atoms with Gasteiger partial charge in [-0.05, 0) is 47.4 Å². The lowest BCUT2D eigenvalue weighted by atomic mass is 10.0. The van der Waals surface area contributed by atoms with Gasteiger partial charge in [-0.3, -0.25) is 9.97 Å². The summed E-state index contributed by atoms with van der Waals surface area (Å²) in [6.07, 6.45) is 8.05. The summed E-state index contributed by atoms with van der Waals surface area (Å²) in [7, 11) is 0. The fraction of sp³-hybridized carbons (Fsp3) is 0.333. The van der Waals surface area contributed by atoms with Gasteiger partial charge in [-0.2, -0.15) is 0 Å². The van der Waals surface area contributed by atoms with Crippen molar-refractivity contribution in [3.63, 3.8) is 0 Å². The summed E-state index contributed by atoms with van der Waals surface area (Å²) in [6, 6.07) is 14.1. The number of rotatable bonds is 11. The molecule has 0 amide bonds. The first kappa shape index (κ1) is 20.3. The first-order chi connectivity index (χ1) is 14.8. The van der Waals surface area contributed by atoms with Crippen LogP contribution in [0.5, 0.6) is 11.5 Å². The molecule has 2 aromatic heterocycles. The van der Waals surface area contributed by atoms with Crippen molar-refractivity contribution < 1.29 is 9.47 Å². The van der Waals surface area contributed by atoms with Crippen LogP contribution in [0.2, 0.25) is 0 Å². The maximum Gasteiger partial charge on any atom is 0.123 e. The number of ether oxygens (including phenoxy) is 2. The Balaban J connectivity index is 1.37. The molecule has 1 aliphatic heterocycles. The highest BCUT2D eigenvalue weighted by Gasteiger charge is 2.15. The maximum atomic E-state index is 6.05. The zero-order valence-corrected chi connectivity index (χ0v) is 17.1. The van der Waals surface area contributed by atoms with Crippen molar-refractivity contribution in [1.82, 2.24) is 20.6 Å². The summed E-state index contributed by atoms with van der Waals surface area (Å²) in [6.45, 7) is 5.11. The topological polar surface area (TPSA) is 68.3 Å². The van der Waals surface area contributed by atoms with Gasteiger partial charge in [0, 0.05) is 69.0 Å². The Morgan fingerprint density at radius 1 is 0.900 bits per heavy atom. The van der Waals surface area contributed by atoms with Crippen LogP contribution in [0.15, 0.2) is 67.3 Å². The molecule has 0 spiro atoms. The highest BCUT2D eigenvalue weighted by Crippen LogP contribution is 2.24. The number of nitrogens with zero attached hydrogens (tertiary/aromatic N) is 2. The molecular weight excluding hydrogens is 376 g/mol. The van der Waals surface area contributed by atoms with Gasteiger partial charge in [0.1, 0.15) is 18.1 Å². The first-order valence-electron chi connectivity index (χ1n) is 10.4. The smallest absolute Gasteiger partial charge is 0.123 e. The Labute approximate surface area is 177 Å². The van der Waals surface area contributed by atoms with Crippen molar-refractivity contribution in [3.8, 4) is 11.5 Å². The highest BCUT2D eigenvalue weighted by atomic mass is 16.5. The normalized spacial score (nSPS) is 13.6. The van der Waals surface area contributed by atoms with Crippen LogP contribution in [0.4, 0.5) is 0 Å². The molecule has 1 aliphatic rings. The largest absolute Gasteiger partial charge is 0.493 e. The summed E-state index contributed by atoms with van der Waals surface area (Å²) < 4.78 is 12.1. The van der Waals surface area contributed by atoms with E-state index < -0.39 is 0 Å². The van der Waals surface area contributed by atoms with Crippen LogP contribution in [0.1, 0.15) is 16.7 Å². The minimum Gasteiger partial charge on any atom is -0.493 e. The SMILES string of the molecule is c1cncc(COc2cc(CNCC3CNC3)cc(OCCc3ccncc3)c2)c1. The summed E-state index contributed by atoms with van der Waals surface area (Å²) in [5, 5.41) is 6.85. The van der Waals surface area contributed by atoms with E-state index in [9.17, 15) is 0 Å². The monoisotopic (exact) mass is 404 g/mol. The van der Waals surface area contributed by atoms with Gasteiger partial charge < -0.3 is 20.1 Å². The van der Waals surface area contributed by atoms with Crippen LogP contribution in [0, 0.1) is 5.92 Å². The van der Waals surface area contributed by atoms with Crippen molar-refractivity contribution >= 4 is 0 Å². The quantitative estimate of drug-likeness (QED) is 0.512. The van der Waals surface area contributed by atoms with Gasteiger partial charge in [0.2, 0.25) is 0 Å². The fourth-order valence-corrected chi connectivity index (χ4v) is 3.30. The molecule has 2 N–H and O–H groups in total. The van der Waals surface area contributed by atoms with Crippen molar-refractivity contribution in [2.75, 3.05) is 26.2 Å². The molecule has 3 aromatic rings. The van der Waals surface area contributed by atoms with Crippen LogP contribution >= 0.6 is 0 Å². The Morgan fingerprint density at radius 2 is 1.73 bits per heavy atom. The number of hydrogen-bond donors (Lipinski definition) is 2. The zero-order valence-electron chi connectivity index (χ0n) is 17.1. The Kier molecular flexibility index (Phi) is 7.26. The molecule has 0 unspecified atom stereocenters. The van der Waals surface area contributed by atoms with Crippen LogP contribution < -0.4 is 20.1 Å². The molecular formula is C24H28N4O2. The van der Waals surface area contributed by atoms with Crippen molar-refractivity contribution in [2.45, 2.75) is 19.6 Å². The van der Waals surface area contributed by atoms with Crippen molar-refractivity contribution in [2.24, 2.45) is 5.92 Å². The minimum atomic E-state index is 0.481. The van der Waals surface area contributed by atoms with Crippen molar-refractivity contribution in [1.29, 1.82) is 0 Å². The van der Waals surface area contributed by atoms with E-state index in [0.29, 0.717) is 13.2 Å². The second-order valence-electron chi connectivity index (χ2n) is 7.57. The summed E-state index contributed by atoms with van der Waals surface area (Å²) in [4.78, 5) is 8.21. The van der Waals surface area contributed by atoms with E-state index in [4.69, 9.17) is 9.47 Å². The van der Waals surface area contributed by atoms with Gasteiger partial charge >= 0.3 is 0 Å². The average Bonchev–Trinajstić information content (AvgIpc) is 2.75. The molecule has 30 heavy (non-hydrogen) atoms. The number of hydrogen-bond acceptors (Lipinski definition) is 6. The summed E-state index contributed by atoms with van der Waals surface area (Å²) in [5.41, 5.74) is 3.41. The fourth-order valence-electron chi connectivity index (χ4n) is 3.30. The number of pyridine rings is 2. The molecule has 0 aliphatic carbocycles. The molecule has 1 aromatic carbocycles. The summed E-state index contributed by atoms with van der Waals surface area (Å²) >= 11 is 0. The standard InChI is InChI=1S/C24H28N4O2/c1-2-20(13-26-6-1)18-30-24-11-21(14-27-15-22-16-28-17-22)10-23(12-24)29-9-5-19-3-7-25-8-4-19/h1-4,6-8,10-13,22,27-28H,5,9,14-18H2. The molecule has 0 bridgehead atoms. The van der Waals surface area contributed by atoms with Crippen LogP contribution in [0.3, 0.4) is 0 Å². The van der Waals surface area contributed by atoms with Crippen LogP contribution in [-0.4, -0.2) is 36.2 Å². The summed E-state index contributed by atoms with van der Waals surface area (Å²) in [5.74, 6) is 2.36. The van der Waals surface area contributed by atoms with Gasteiger partial charge in [0.05, 0.1) is 6.61 Å². The van der Waals surface area contributed by atoms with Crippen molar-refractivity contribution in [3.05, 3.63) is 83.9 Å². The molecule has 1 saturated heterocycles. The average molecular weight is 405 g/mol. The number of nitrogens with one attached hydrogen (secondary N) is 2. The number of benzene rings is 1. The maximum absolute atomic E-state index is 6.05. The Bertz CT molecular complexity index is 902. The lowest BCUT2D eigenvalue weighted by Crippen LogP contribution is -2.47. The van der Waals surface area contributed by atoms with E-state index in [1.807, 2.05) is 48.9 Å².